The van der Waals surface area contributed by atoms with Crippen LogP contribution in [0.5, 0.6) is 0 Å². The van der Waals surface area contributed by atoms with Crippen molar-refractivity contribution in [2.24, 2.45) is 5.92 Å². The van der Waals surface area contributed by atoms with Gasteiger partial charge in [0.05, 0.1) is 22.2 Å². The summed E-state index contributed by atoms with van der Waals surface area (Å²) in [5, 5.41) is 9.36. The van der Waals surface area contributed by atoms with E-state index >= 15 is 0 Å². The Labute approximate surface area is 180 Å². The van der Waals surface area contributed by atoms with Crippen LogP contribution in [0, 0.1) is 5.92 Å². The molecule has 1 saturated carbocycles. The standard InChI is InChI=1S/C22H25ClN6O/c1-22(2)17-18(24)25-21(27-19(17)26-20(22)30)29-16-10-8-13(23)11-14(16)15(28-29)9-7-12-5-3-4-6-12/h8,10-12H,3-7,9H2,1-2H3,(H3,24,25,26,27,30). The lowest BCUT2D eigenvalue weighted by Crippen LogP contribution is -2.27. The molecule has 1 aliphatic heterocycles. The minimum atomic E-state index is -0.760. The van der Waals surface area contributed by atoms with Crippen LogP contribution in [0.25, 0.3) is 16.9 Å². The van der Waals surface area contributed by atoms with Crippen LogP contribution in [-0.4, -0.2) is 25.7 Å². The first kappa shape index (κ1) is 19.3. The van der Waals surface area contributed by atoms with Crippen LogP contribution in [0.4, 0.5) is 11.6 Å². The second kappa shape index (κ2) is 6.94. The molecule has 2 aromatic heterocycles. The first-order valence-corrected chi connectivity index (χ1v) is 10.9. The van der Waals surface area contributed by atoms with Crippen molar-refractivity contribution in [2.45, 2.75) is 57.8 Å². The van der Waals surface area contributed by atoms with E-state index in [1.54, 1.807) is 4.68 Å². The fourth-order valence-corrected chi connectivity index (χ4v) is 4.95. The fourth-order valence-electron chi connectivity index (χ4n) is 4.77. The Bertz CT molecular complexity index is 1160. The molecule has 8 heteroatoms. The molecule has 0 atom stereocenters. The van der Waals surface area contributed by atoms with Crippen molar-refractivity contribution in [3.8, 4) is 5.95 Å². The summed E-state index contributed by atoms with van der Waals surface area (Å²) in [4.78, 5) is 21.5. The van der Waals surface area contributed by atoms with Gasteiger partial charge < -0.3 is 11.1 Å². The van der Waals surface area contributed by atoms with Gasteiger partial charge in [0.15, 0.2) is 0 Å². The lowest BCUT2D eigenvalue weighted by Gasteiger charge is -2.16. The summed E-state index contributed by atoms with van der Waals surface area (Å²) in [6.07, 6.45) is 7.28. The van der Waals surface area contributed by atoms with E-state index < -0.39 is 5.41 Å². The number of hydrogen-bond donors (Lipinski definition) is 2. The number of nitrogen functional groups attached to an aromatic ring is 1. The van der Waals surface area contributed by atoms with Crippen LogP contribution >= 0.6 is 11.6 Å². The molecule has 1 aliphatic carbocycles. The van der Waals surface area contributed by atoms with E-state index in [1.807, 2.05) is 32.0 Å². The number of rotatable bonds is 4. The maximum atomic E-state index is 12.3. The number of nitrogens with two attached hydrogens (primary N) is 1. The van der Waals surface area contributed by atoms with Gasteiger partial charge in [-0.1, -0.05) is 37.3 Å². The summed E-state index contributed by atoms with van der Waals surface area (Å²) in [6, 6.07) is 5.72. The zero-order chi connectivity index (χ0) is 21.0. The van der Waals surface area contributed by atoms with Crippen LogP contribution in [0.15, 0.2) is 18.2 Å². The van der Waals surface area contributed by atoms with Gasteiger partial charge in [0.1, 0.15) is 11.6 Å². The highest BCUT2D eigenvalue weighted by Gasteiger charge is 2.42. The van der Waals surface area contributed by atoms with Crippen molar-refractivity contribution in [1.29, 1.82) is 0 Å². The number of aryl methyl sites for hydroxylation is 1. The minimum Gasteiger partial charge on any atom is -0.383 e. The summed E-state index contributed by atoms with van der Waals surface area (Å²) >= 11 is 6.29. The summed E-state index contributed by atoms with van der Waals surface area (Å²) in [6.45, 7) is 3.64. The lowest BCUT2D eigenvalue weighted by atomic mass is 9.87. The molecule has 1 fully saturated rings. The number of fused-ring (bicyclic) bond motifs is 2. The molecule has 0 saturated heterocycles. The number of carbonyl (C=O) groups is 1. The molecule has 0 unspecified atom stereocenters. The van der Waals surface area contributed by atoms with E-state index in [2.05, 4.69) is 15.3 Å². The molecule has 1 aromatic carbocycles. The monoisotopic (exact) mass is 424 g/mol. The van der Waals surface area contributed by atoms with Crippen molar-refractivity contribution in [3.63, 3.8) is 0 Å². The van der Waals surface area contributed by atoms with Crippen LogP contribution in [0.3, 0.4) is 0 Å². The van der Waals surface area contributed by atoms with Gasteiger partial charge in [0.25, 0.3) is 5.95 Å². The molecule has 0 bridgehead atoms. The molecule has 0 radical (unpaired) electrons. The highest BCUT2D eigenvalue weighted by atomic mass is 35.5. The number of benzene rings is 1. The first-order valence-electron chi connectivity index (χ1n) is 10.5. The predicted octanol–water partition coefficient (Wildman–Crippen LogP) is 4.40. The van der Waals surface area contributed by atoms with E-state index in [0.29, 0.717) is 28.2 Å². The van der Waals surface area contributed by atoms with E-state index in [4.69, 9.17) is 22.4 Å². The quantitative estimate of drug-likeness (QED) is 0.646. The normalized spacial score (nSPS) is 18.2. The van der Waals surface area contributed by atoms with Gasteiger partial charge >= 0.3 is 0 Å². The Morgan fingerprint density at radius 1 is 1.27 bits per heavy atom. The molecule has 3 N–H and O–H groups in total. The number of hydrogen-bond acceptors (Lipinski definition) is 5. The maximum Gasteiger partial charge on any atom is 0.255 e. The van der Waals surface area contributed by atoms with Crippen LogP contribution in [-0.2, 0) is 16.6 Å². The molecule has 5 rings (SSSR count). The topological polar surface area (TPSA) is 98.7 Å². The Morgan fingerprint density at radius 2 is 2.03 bits per heavy atom. The maximum absolute atomic E-state index is 12.3. The summed E-state index contributed by atoms with van der Waals surface area (Å²) in [5.74, 6) is 1.74. The number of nitrogens with zero attached hydrogens (tertiary/aromatic N) is 4. The number of nitrogens with one attached hydrogen (secondary N) is 1. The zero-order valence-electron chi connectivity index (χ0n) is 17.2. The van der Waals surface area contributed by atoms with E-state index in [9.17, 15) is 4.79 Å². The van der Waals surface area contributed by atoms with Crippen molar-refractivity contribution < 1.29 is 4.79 Å². The number of anilines is 2. The third kappa shape index (κ3) is 3.03. The second-order valence-electron chi connectivity index (χ2n) is 8.92. The van der Waals surface area contributed by atoms with Crippen molar-refractivity contribution in [3.05, 3.63) is 34.5 Å². The third-order valence-corrected chi connectivity index (χ3v) is 6.76. The van der Waals surface area contributed by atoms with Gasteiger partial charge in [0, 0.05) is 10.4 Å². The highest BCUT2D eigenvalue weighted by Crippen LogP contribution is 2.40. The van der Waals surface area contributed by atoms with Gasteiger partial charge in [-0.3, -0.25) is 4.79 Å². The van der Waals surface area contributed by atoms with Gasteiger partial charge in [-0.05, 0) is 50.8 Å². The molecular weight excluding hydrogens is 400 g/mol. The molecule has 30 heavy (non-hydrogen) atoms. The number of aromatic nitrogens is 4. The summed E-state index contributed by atoms with van der Waals surface area (Å²) < 4.78 is 1.71. The average molecular weight is 425 g/mol. The summed E-state index contributed by atoms with van der Waals surface area (Å²) in [5.41, 5.74) is 8.01. The van der Waals surface area contributed by atoms with Gasteiger partial charge in [-0.2, -0.15) is 19.7 Å². The van der Waals surface area contributed by atoms with Gasteiger partial charge in [-0.15, -0.1) is 0 Å². The molecule has 3 heterocycles. The second-order valence-corrected chi connectivity index (χ2v) is 9.36. The van der Waals surface area contributed by atoms with E-state index in [-0.39, 0.29) is 5.91 Å². The van der Waals surface area contributed by atoms with Crippen molar-refractivity contribution in [2.75, 3.05) is 11.1 Å². The Balaban J connectivity index is 1.59. The molecule has 2 aliphatic rings. The van der Waals surface area contributed by atoms with Gasteiger partial charge in [-0.25, -0.2) is 0 Å². The average Bonchev–Trinajstić information content (AvgIpc) is 3.38. The molecular formula is C22H25ClN6O. The first-order chi connectivity index (χ1) is 14.3. The predicted molar refractivity (Wildman–Crippen MR) is 118 cm³/mol. The van der Waals surface area contributed by atoms with Crippen LogP contribution in [0.1, 0.15) is 57.2 Å². The minimum absolute atomic E-state index is 0.134. The Morgan fingerprint density at radius 3 is 2.80 bits per heavy atom. The molecule has 156 valence electrons. The number of carbonyl (C=O) groups excluding carboxylic acids is 1. The van der Waals surface area contributed by atoms with E-state index in [0.717, 1.165) is 35.4 Å². The smallest absolute Gasteiger partial charge is 0.255 e. The number of amides is 1. The van der Waals surface area contributed by atoms with Crippen molar-refractivity contribution >= 4 is 40.0 Å². The molecule has 0 spiro atoms. The SMILES string of the molecule is CC1(C)C(=O)Nc2nc(-n3nc(CCC4CCCC4)c4cc(Cl)ccc43)nc(N)c21. The van der Waals surface area contributed by atoms with Crippen molar-refractivity contribution in [1.82, 2.24) is 19.7 Å². The zero-order valence-corrected chi connectivity index (χ0v) is 18.0. The Hall–Kier alpha value is -2.67. The largest absolute Gasteiger partial charge is 0.383 e. The summed E-state index contributed by atoms with van der Waals surface area (Å²) in [7, 11) is 0. The van der Waals surface area contributed by atoms with Crippen LogP contribution < -0.4 is 11.1 Å². The highest BCUT2D eigenvalue weighted by molar-refractivity contribution is 6.31. The lowest BCUT2D eigenvalue weighted by molar-refractivity contribution is -0.119. The molecule has 3 aromatic rings. The number of halogens is 1. The Kier molecular flexibility index (Phi) is 4.47. The fraction of sp³-hybridized carbons (Fsp3) is 0.455. The van der Waals surface area contributed by atoms with E-state index in [1.165, 1.54) is 25.7 Å². The van der Waals surface area contributed by atoms with Gasteiger partial charge in [0.2, 0.25) is 5.91 Å². The third-order valence-electron chi connectivity index (χ3n) is 6.52. The molecule has 7 nitrogen and oxygen atoms in total. The van der Waals surface area contributed by atoms with Crippen LogP contribution in [0.2, 0.25) is 5.02 Å². The molecule has 1 amide bonds.